The van der Waals surface area contributed by atoms with Gasteiger partial charge in [0, 0.05) is 26.1 Å². The lowest BCUT2D eigenvalue weighted by atomic mass is 9.77. The van der Waals surface area contributed by atoms with E-state index < -0.39 is 54.7 Å². The number of carboxylic acids is 2. The Morgan fingerprint density at radius 2 is 1.00 bits per heavy atom. The first-order valence-corrected chi connectivity index (χ1v) is 9.83. The van der Waals surface area contributed by atoms with E-state index in [0.29, 0.717) is 0 Å². The summed E-state index contributed by atoms with van der Waals surface area (Å²) in [6.07, 6.45) is -5.89. The van der Waals surface area contributed by atoms with Gasteiger partial charge >= 0.3 is 11.9 Å². The number of aliphatic hydroxyl groups is 5. The molecular weight excluding hydrogens is 402 g/mol. The number of aliphatic hydroxyl groups excluding tert-OH is 4. The van der Waals surface area contributed by atoms with Crippen LogP contribution in [0.15, 0.2) is 0 Å². The Morgan fingerprint density at radius 3 is 1.27 bits per heavy atom. The van der Waals surface area contributed by atoms with Crippen molar-refractivity contribution in [2.75, 3.05) is 40.8 Å². The molecule has 0 saturated heterocycles. The van der Waals surface area contributed by atoms with E-state index in [2.05, 4.69) is 0 Å². The molecule has 0 spiro atoms. The van der Waals surface area contributed by atoms with Gasteiger partial charge in [0.2, 0.25) is 0 Å². The quantitative estimate of drug-likeness (QED) is 0.151. The highest BCUT2D eigenvalue weighted by Crippen LogP contribution is 2.30. The normalized spacial score (nSPS) is 29.9. The van der Waals surface area contributed by atoms with Crippen LogP contribution in [0.3, 0.4) is 0 Å². The van der Waals surface area contributed by atoms with Gasteiger partial charge in [-0.15, -0.1) is 0 Å². The number of aliphatic carboxylic acids is 2. The Balaban J connectivity index is 3.16. The number of likely N-dealkylation sites (N-methyl/N-ethyl adjacent to an activating group) is 3. The van der Waals surface area contributed by atoms with Crippen LogP contribution in [-0.4, -0.2) is 146 Å². The molecule has 12 nitrogen and oxygen atoms in total. The van der Waals surface area contributed by atoms with Gasteiger partial charge in [0.15, 0.2) is 6.29 Å². The average molecular weight is 437 g/mol. The SMILES string of the molecule is CN(CCC(=O)O)C1C(O)C(N(C)CCC(=O)O)C(O)C(N(C)CCC(O)O)C1O. The van der Waals surface area contributed by atoms with Crippen LogP contribution in [0.1, 0.15) is 19.3 Å². The fourth-order valence-corrected chi connectivity index (χ4v) is 4.09. The summed E-state index contributed by atoms with van der Waals surface area (Å²) in [5.74, 6) is -2.08. The van der Waals surface area contributed by atoms with Crippen LogP contribution in [0.25, 0.3) is 0 Å². The lowest BCUT2D eigenvalue weighted by Gasteiger charge is -2.53. The predicted molar refractivity (Wildman–Crippen MR) is 105 cm³/mol. The minimum Gasteiger partial charge on any atom is -0.481 e. The van der Waals surface area contributed by atoms with Crippen molar-refractivity contribution in [3.63, 3.8) is 0 Å². The molecule has 1 aliphatic carbocycles. The molecule has 0 radical (unpaired) electrons. The number of carbonyl (C=O) groups is 2. The molecule has 7 N–H and O–H groups in total. The second-order valence-corrected chi connectivity index (χ2v) is 7.94. The zero-order valence-electron chi connectivity index (χ0n) is 17.6. The molecule has 1 aliphatic rings. The third kappa shape index (κ3) is 7.10. The van der Waals surface area contributed by atoms with Crippen molar-refractivity contribution in [3.05, 3.63) is 0 Å². The van der Waals surface area contributed by atoms with E-state index in [1.165, 1.54) is 9.80 Å². The predicted octanol–water partition coefficient (Wildman–Crippen LogP) is -3.37. The van der Waals surface area contributed by atoms with Crippen molar-refractivity contribution in [1.29, 1.82) is 0 Å². The van der Waals surface area contributed by atoms with Crippen LogP contribution in [0.4, 0.5) is 0 Å². The molecule has 0 bridgehead atoms. The molecule has 1 fully saturated rings. The standard InChI is InChI=1S/C18H35N3O9/c1-19(7-4-10(22)23)13-16(28)14(20(2)8-5-11(24)25)18(30)15(17(13)29)21(3)9-6-12(26)27/h10,13-18,22-23,28-30H,4-9H2,1-3H3,(H,24,25)(H,26,27). The van der Waals surface area contributed by atoms with Crippen molar-refractivity contribution in [2.24, 2.45) is 0 Å². The Labute approximate surface area is 175 Å². The first-order valence-electron chi connectivity index (χ1n) is 9.83. The van der Waals surface area contributed by atoms with Crippen LogP contribution in [0.2, 0.25) is 0 Å². The highest BCUT2D eigenvalue weighted by Gasteiger charge is 2.53. The summed E-state index contributed by atoms with van der Waals surface area (Å²) in [5, 5.41) is 69.1. The number of nitrogens with zero attached hydrogens (tertiary/aromatic N) is 3. The Bertz CT molecular complexity index is 527. The maximum Gasteiger partial charge on any atom is 0.304 e. The fraction of sp³-hybridized carbons (Fsp3) is 0.889. The zero-order chi connectivity index (χ0) is 23.2. The second-order valence-electron chi connectivity index (χ2n) is 7.94. The Hall–Kier alpha value is -1.38. The van der Waals surface area contributed by atoms with Gasteiger partial charge in [-0.3, -0.25) is 24.3 Å². The number of hydrogen-bond donors (Lipinski definition) is 7. The van der Waals surface area contributed by atoms with Crippen molar-refractivity contribution >= 4 is 11.9 Å². The molecule has 0 aromatic heterocycles. The van der Waals surface area contributed by atoms with Crippen LogP contribution >= 0.6 is 0 Å². The van der Waals surface area contributed by atoms with Crippen molar-refractivity contribution in [1.82, 2.24) is 14.7 Å². The molecule has 4 unspecified atom stereocenters. The Kier molecular flexibility index (Phi) is 10.5. The average Bonchev–Trinajstić information content (AvgIpc) is 2.62. The van der Waals surface area contributed by atoms with Gasteiger partial charge in [0.1, 0.15) is 0 Å². The number of hydrogen-bond acceptors (Lipinski definition) is 10. The van der Waals surface area contributed by atoms with Crippen molar-refractivity contribution < 1.29 is 45.3 Å². The largest absolute Gasteiger partial charge is 0.481 e. The van der Waals surface area contributed by atoms with E-state index in [1.807, 2.05) is 0 Å². The monoisotopic (exact) mass is 437 g/mol. The summed E-state index contributed by atoms with van der Waals surface area (Å²) in [4.78, 5) is 26.4. The summed E-state index contributed by atoms with van der Waals surface area (Å²) >= 11 is 0. The fourth-order valence-electron chi connectivity index (χ4n) is 4.09. The topological polar surface area (TPSA) is 185 Å². The first kappa shape index (κ1) is 26.7. The summed E-state index contributed by atoms with van der Waals surface area (Å²) < 4.78 is 0. The molecule has 0 amide bonds. The highest BCUT2D eigenvalue weighted by atomic mass is 16.5. The van der Waals surface area contributed by atoms with E-state index in [9.17, 15) is 24.9 Å². The van der Waals surface area contributed by atoms with Crippen LogP contribution in [0, 0.1) is 0 Å². The molecule has 176 valence electrons. The van der Waals surface area contributed by atoms with E-state index in [4.69, 9.17) is 20.4 Å². The molecule has 0 heterocycles. The highest BCUT2D eigenvalue weighted by molar-refractivity contribution is 5.67. The summed E-state index contributed by atoms with van der Waals surface area (Å²) in [5.41, 5.74) is 0. The van der Waals surface area contributed by atoms with E-state index >= 15 is 0 Å². The van der Waals surface area contributed by atoms with Gasteiger partial charge in [-0.1, -0.05) is 0 Å². The van der Waals surface area contributed by atoms with E-state index in [1.54, 1.807) is 26.0 Å². The van der Waals surface area contributed by atoms with Gasteiger partial charge in [0.25, 0.3) is 0 Å². The van der Waals surface area contributed by atoms with Gasteiger partial charge in [-0.25, -0.2) is 0 Å². The molecule has 0 aromatic rings. The molecule has 30 heavy (non-hydrogen) atoms. The molecular formula is C18H35N3O9. The molecule has 0 aromatic carbocycles. The van der Waals surface area contributed by atoms with Crippen LogP contribution < -0.4 is 0 Å². The zero-order valence-corrected chi connectivity index (χ0v) is 17.6. The maximum atomic E-state index is 11.0. The first-order chi connectivity index (χ1) is 13.9. The van der Waals surface area contributed by atoms with Crippen molar-refractivity contribution in [2.45, 2.75) is 62.0 Å². The van der Waals surface area contributed by atoms with Crippen LogP contribution in [-0.2, 0) is 9.59 Å². The minimum atomic E-state index is -1.57. The van der Waals surface area contributed by atoms with Gasteiger partial charge < -0.3 is 35.7 Å². The van der Waals surface area contributed by atoms with E-state index in [0.717, 1.165) is 0 Å². The van der Waals surface area contributed by atoms with Gasteiger partial charge in [-0.2, -0.15) is 0 Å². The number of rotatable bonds is 12. The van der Waals surface area contributed by atoms with Gasteiger partial charge in [0.05, 0.1) is 49.3 Å². The molecule has 12 heteroatoms. The third-order valence-corrected chi connectivity index (χ3v) is 5.72. The maximum absolute atomic E-state index is 11.0. The molecule has 4 atom stereocenters. The molecule has 1 saturated carbocycles. The third-order valence-electron chi connectivity index (χ3n) is 5.72. The van der Waals surface area contributed by atoms with Crippen LogP contribution in [0.5, 0.6) is 0 Å². The smallest absolute Gasteiger partial charge is 0.304 e. The van der Waals surface area contributed by atoms with Gasteiger partial charge in [-0.05, 0) is 21.1 Å². The lowest BCUT2D eigenvalue weighted by Crippen LogP contribution is -2.73. The molecule has 0 aliphatic heterocycles. The number of carboxylic acid groups (broad SMARTS) is 2. The molecule has 1 rings (SSSR count). The summed E-state index contributed by atoms with van der Waals surface area (Å²) in [6, 6.07) is -2.78. The minimum absolute atomic E-state index is 0.0337. The van der Waals surface area contributed by atoms with E-state index in [-0.39, 0.29) is 38.9 Å². The summed E-state index contributed by atoms with van der Waals surface area (Å²) in [7, 11) is 4.70. The van der Waals surface area contributed by atoms with Crippen molar-refractivity contribution in [3.8, 4) is 0 Å². The second kappa shape index (κ2) is 11.9. The lowest BCUT2D eigenvalue weighted by molar-refractivity contribution is -0.172. The Morgan fingerprint density at radius 1 is 0.700 bits per heavy atom. The summed E-state index contributed by atoms with van der Waals surface area (Å²) in [6.45, 7) is 0.215.